The van der Waals surface area contributed by atoms with Crippen molar-refractivity contribution in [1.82, 2.24) is 9.80 Å². The van der Waals surface area contributed by atoms with Gasteiger partial charge in [-0.1, -0.05) is 0 Å². The van der Waals surface area contributed by atoms with E-state index in [0.29, 0.717) is 11.6 Å². The van der Waals surface area contributed by atoms with E-state index in [0.717, 1.165) is 4.90 Å². The summed E-state index contributed by atoms with van der Waals surface area (Å²) < 4.78 is 31.6. The minimum absolute atomic E-state index is 0.0985. The molecule has 2 heterocycles. The number of carbonyl (C=O) groups is 2. The van der Waals surface area contributed by atoms with Crippen molar-refractivity contribution in [3.63, 3.8) is 0 Å². The van der Waals surface area contributed by atoms with Crippen LogP contribution in [-0.4, -0.2) is 71.5 Å². The van der Waals surface area contributed by atoms with Crippen molar-refractivity contribution in [3.8, 4) is 0 Å². The summed E-state index contributed by atoms with van der Waals surface area (Å²) in [6.45, 7) is 0.320. The first kappa shape index (κ1) is 14.5. The summed E-state index contributed by atoms with van der Waals surface area (Å²) in [4.78, 5) is 26.2. The molecule has 0 N–H and O–H groups in total. The molecule has 0 aromatic heterocycles. The summed E-state index contributed by atoms with van der Waals surface area (Å²) in [5.41, 5.74) is 0. The lowest BCUT2D eigenvalue weighted by molar-refractivity contribution is -0.145. The third kappa shape index (κ3) is 3.36. The zero-order chi connectivity index (χ0) is 14.0. The van der Waals surface area contributed by atoms with E-state index in [2.05, 4.69) is 0 Å². The molecule has 108 valence electrons. The molecule has 2 aliphatic rings. The normalized spacial score (nSPS) is 27.2. The third-order valence-corrected chi connectivity index (χ3v) is 4.14. The van der Waals surface area contributed by atoms with Crippen LogP contribution in [0.5, 0.6) is 0 Å². The fourth-order valence-corrected chi connectivity index (χ4v) is 3.37. The van der Waals surface area contributed by atoms with Crippen LogP contribution in [0.1, 0.15) is 6.92 Å². The van der Waals surface area contributed by atoms with E-state index >= 15 is 0 Å². The number of hydrogen-bond acceptors (Lipinski definition) is 4. The topological polar surface area (TPSA) is 49.9 Å². The van der Waals surface area contributed by atoms with E-state index in [1.54, 1.807) is 0 Å². The average Bonchev–Trinajstić information content (AvgIpc) is 2.74. The molecule has 0 spiro atoms. The molecule has 8 heteroatoms. The van der Waals surface area contributed by atoms with E-state index in [1.807, 2.05) is 0 Å². The van der Waals surface area contributed by atoms with Gasteiger partial charge in [-0.2, -0.15) is 0 Å². The highest BCUT2D eigenvalue weighted by molar-refractivity contribution is 7.99. The van der Waals surface area contributed by atoms with Gasteiger partial charge >= 0.3 is 0 Å². The molecule has 0 radical (unpaired) electrons. The largest absolute Gasteiger partial charge is 0.373 e. The SMILES string of the molecule is CC(=O)N1CSC[C@@H]1C(=O)N1CCOCC(F)(F)C1. The number of halogens is 2. The van der Waals surface area contributed by atoms with Gasteiger partial charge in [0.15, 0.2) is 0 Å². The van der Waals surface area contributed by atoms with Crippen molar-refractivity contribution >= 4 is 23.6 Å². The fraction of sp³-hybridized carbons (Fsp3) is 0.818. The van der Waals surface area contributed by atoms with E-state index < -0.39 is 31.0 Å². The summed E-state index contributed by atoms with van der Waals surface area (Å²) in [6.07, 6.45) is 0. The maximum Gasteiger partial charge on any atom is 0.288 e. The zero-order valence-electron chi connectivity index (χ0n) is 10.6. The smallest absolute Gasteiger partial charge is 0.288 e. The van der Waals surface area contributed by atoms with Crippen LogP contribution in [-0.2, 0) is 14.3 Å². The van der Waals surface area contributed by atoms with Gasteiger partial charge in [-0.05, 0) is 0 Å². The molecule has 2 saturated heterocycles. The highest BCUT2D eigenvalue weighted by Gasteiger charge is 2.41. The Kier molecular flexibility index (Phi) is 4.29. The van der Waals surface area contributed by atoms with Gasteiger partial charge in [-0.25, -0.2) is 8.78 Å². The van der Waals surface area contributed by atoms with Gasteiger partial charge in [0, 0.05) is 19.2 Å². The van der Waals surface area contributed by atoms with Crippen LogP contribution in [0, 0.1) is 0 Å². The van der Waals surface area contributed by atoms with E-state index in [9.17, 15) is 18.4 Å². The maximum atomic E-state index is 13.4. The molecule has 2 aliphatic heterocycles. The summed E-state index contributed by atoms with van der Waals surface area (Å²) in [7, 11) is 0. The second-order valence-corrected chi connectivity index (χ2v) is 5.67. The fourth-order valence-electron chi connectivity index (χ4n) is 2.16. The molecule has 5 nitrogen and oxygen atoms in total. The van der Waals surface area contributed by atoms with E-state index in [-0.39, 0.29) is 19.1 Å². The van der Waals surface area contributed by atoms with Crippen molar-refractivity contribution in [2.75, 3.05) is 37.9 Å². The quantitative estimate of drug-likeness (QED) is 0.702. The number of alkyl halides is 2. The summed E-state index contributed by atoms with van der Waals surface area (Å²) in [6, 6.07) is -0.628. The van der Waals surface area contributed by atoms with Crippen molar-refractivity contribution < 1.29 is 23.1 Å². The first-order valence-corrected chi connectivity index (χ1v) is 7.15. The molecule has 0 saturated carbocycles. The highest BCUT2D eigenvalue weighted by Crippen LogP contribution is 2.25. The first-order chi connectivity index (χ1) is 8.91. The number of thioether (sulfide) groups is 1. The van der Waals surface area contributed by atoms with Crippen LogP contribution < -0.4 is 0 Å². The van der Waals surface area contributed by atoms with Crippen LogP contribution in [0.3, 0.4) is 0 Å². The van der Waals surface area contributed by atoms with Gasteiger partial charge in [0.1, 0.15) is 12.6 Å². The number of carbonyl (C=O) groups excluding carboxylic acids is 2. The number of hydrogen-bond donors (Lipinski definition) is 0. The molecule has 1 atom stereocenters. The molecule has 0 aromatic rings. The minimum Gasteiger partial charge on any atom is -0.373 e. The van der Waals surface area contributed by atoms with Gasteiger partial charge in [0.25, 0.3) is 5.92 Å². The summed E-state index contributed by atoms with van der Waals surface area (Å²) in [5.74, 6) is -2.75. The number of nitrogens with zero attached hydrogens (tertiary/aromatic N) is 2. The van der Waals surface area contributed by atoms with Crippen molar-refractivity contribution in [3.05, 3.63) is 0 Å². The van der Waals surface area contributed by atoms with Crippen LogP contribution in [0.4, 0.5) is 8.78 Å². The molecule has 0 aromatic carbocycles. The van der Waals surface area contributed by atoms with Crippen molar-refractivity contribution in [2.24, 2.45) is 0 Å². The Hall–Kier alpha value is -0.890. The molecule has 2 fully saturated rings. The Bertz CT molecular complexity index is 381. The molecular formula is C11H16F2N2O3S. The molecule has 0 bridgehead atoms. The van der Waals surface area contributed by atoms with Gasteiger partial charge < -0.3 is 14.5 Å². The predicted octanol–water partition coefficient (Wildman–Crippen LogP) is 0.402. The minimum atomic E-state index is -3.03. The predicted molar refractivity (Wildman–Crippen MR) is 66.0 cm³/mol. The molecular weight excluding hydrogens is 278 g/mol. The Morgan fingerprint density at radius 1 is 1.42 bits per heavy atom. The highest BCUT2D eigenvalue weighted by atomic mass is 32.2. The monoisotopic (exact) mass is 294 g/mol. The lowest BCUT2D eigenvalue weighted by Crippen LogP contribution is -2.51. The second-order valence-electron chi connectivity index (χ2n) is 4.67. The third-order valence-electron chi connectivity index (χ3n) is 3.12. The molecule has 2 rings (SSSR count). The molecule has 19 heavy (non-hydrogen) atoms. The van der Waals surface area contributed by atoms with Crippen LogP contribution >= 0.6 is 11.8 Å². The van der Waals surface area contributed by atoms with Crippen molar-refractivity contribution in [2.45, 2.75) is 18.9 Å². The van der Waals surface area contributed by atoms with Crippen molar-refractivity contribution in [1.29, 1.82) is 0 Å². The summed E-state index contributed by atoms with van der Waals surface area (Å²) in [5, 5.41) is 0. The lowest BCUT2D eigenvalue weighted by atomic mass is 10.2. The Balaban J connectivity index is 2.07. The van der Waals surface area contributed by atoms with E-state index in [1.165, 1.54) is 23.6 Å². The second kappa shape index (κ2) is 5.62. The average molecular weight is 294 g/mol. The van der Waals surface area contributed by atoms with Crippen LogP contribution in [0.2, 0.25) is 0 Å². The number of amides is 2. The zero-order valence-corrected chi connectivity index (χ0v) is 11.4. The van der Waals surface area contributed by atoms with Crippen LogP contribution in [0.25, 0.3) is 0 Å². The molecule has 2 amide bonds. The first-order valence-electron chi connectivity index (χ1n) is 6.00. The Labute approximate surface area is 114 Å². The standard InChI is InChI=1S/C11H16F2N2O3S/c1-8(16)15-7-19-4-9(15)10(17)14-2-3-18-6-11(12,13)5-14/h9H,2-7H2,1H3/t9-/m1/s1. The number of rotatable bonds is 1. The lowest BCUT2D eigenvalue weighted by Gasteiger charge is -2.29. The number of ether oxygens (including phenoxy) is 1. The van der Waals surface area contributed by atoms with Gasteiger partial charge in [0.05, 0.1) is 19.0 Å². The Morgan fingerprint density at radius 3 is 2.84 bits per heavy atom. The maximum absolute atomic E-state index is 13.4. The van der Waals surface area contributed by atoms with Gasteiger partial charge in [-0.15, -0.1) is 11.8 Å². The molecule has 0 aliphatic carbocycles. The van der Waals surface area contributed by atoms with Gasteiger partial charge in [-0.3, -0.25) is 9.59 Å². The Morgan fingerprint density at radius 2 is 2.16 bits per heavy atom. The van der Waals surface area contributed by atoms with Crippen LogP contribution in [0.15, 0.2) is 0 Å². The summed E-state index contributed by atoms with van der Waals surface area (Å²) >= 11 is 1.45. The van der Waals surface area contributed by atoms with Gasteiger partial charge in [0.2, 0.25) is 11.8 Å². The molecule has 0 unspecified atom stereocenters. The van der Waals surface area contributed by atoms with E-state index in [4.69, 9.17) is 4.74 Å².